The third-order valence-electron chi connectivity index (χ3n) is 3.88. The number of benzene rings is 2. The lowest BCUT2D eigenvalue weighted by Gasteiger charge is -2.25. The summed E-state index contributed by atoms with van der Waals surface area (Å²) in [6.07, 6.45) is 0. The fraction of sp³-hybridized carbons (Fsp3) is 0.316. The van der Waals surface area contributed by atoms with Crippen LogP contribution < -0.4 is 5.32 Å². The van der Waals surface area contributed by atoms with Crippen molar-refractivity contribution in [3.63, 3.8) is 0 Å². The molecule has 0 bridgehead atoms. The van der Waals surface area contributed by atoms with Crippen LogP contribution in [0.25, 0.3) is 0 Å². The van der Waals surface area contributed by atoms with Gasteiger partial charge in [0.15, 0.2) is 0 Å². The number of nitriles is 1. The first kappa shape index (κ1) is 16.2. The second-order valence-electron chi connectivity index (χ2n) is 5.69. The van der Waals surface area contributed by atoms with E-state index < -0.39 is 0 Å². The van der Waals surface area contributed by atoms with Crippen molar-refractivity contribution in [3.8, 4) is 6.07 Å². The van der Waals surface area contributed by atoms with Crippen LogP contribution in [0.5, 0.6) is 0 Å². The molecule has 0 saturated carbocycles. The zero-order valence-electron chi connectivity index (χ0n) is 13.3. The van der Waals surface area contributed by atoms with E-state index in [2.05, 4.69) is 54.5 Å². The Kier molecular flexibility index (Phi) is 6.14. The minimum Gasteiger partial charge on any atom is -0.311 e. The van der Waals surface area contributed by atoms with Crippen molar-refractivity contribution in [2.75, 3.05) is 13.6 Å². The summed E-state index contributed by atoms with van der Waals surface area (Å²) in [5.41, 5.74) is 3.25. The number of likely N-dealkylation sites (N-methyl/N-ethyl adjacent to an activating group) is 1. The third kappa shape index (κ3) is 5.00. The number of rotatable bonds is 7. The highest BCUT2D eigenvalue weighted by Gasteiger charge is 2.09. The summed E-state index contributed by atoms with van der Waals surface area (Å²) in [5, 5.41) is 12.3. The summed E-state index contributed by atoms with van der Waals surface area (Å²) in [6, 6.07) is 20.9. The van der Waals surface area contributed by atoms with Crippen molar-refractivity contribution in [3.05, 3.63) is 71.3 Å². The quantitative estimate of drug-likeness (QED) is 0.852. The molecule has 0 radical (unpaired) electrons. The van der Waals surface area contributed by atoms with E-state index in [-0.39, 0.29) is 0 Å². The first-order valence-corrected chi connectivity index (χ1v) is 7.63. The van der Waals surface area contributed by atoms with E-state index in [4.69, 9.17) is 5.26 Å². The van der Waals surface area contributed by atoms with E-state index in [1.54, 1.807) is 0 Å². The molecule has 1 unspecified atom stereocenters. The molecule has 2 aromatic carbocycles. The van der Waals surface area contributed by atoms with Gasteiger partial charge in [-0.2, -0.15) is 5.26 Å². The van der Waals surface area contributed by atoms with Gasteiger partial charge in [-0.15, -0.1) is 0 Å². The average molecular weight is 293 g/mol. The lowest BCUT2D eigenvalue weighted by atomic mass is 10.1. The minimum absolute atomic E-state index is 0.457. The molecule has 2 aromatic rings. The summed E-state index contributed by atoms with van der Waals surface area (Å²) in [7, 11) is 2.15. The first-order valence-electron chi connectivity index (χ1n) is 7.63. The van der Waals surface area contributed by atoms with E-state index in [1.165, 1.54) is 11.1 Å². The van der Waals surface area contributed by atoms with Gasteiger partial charge < -0.3 is 5.32 Å². The molecule has 114 valence electrons. The van der Waals surface area contributed by atoms with Crippen molar-refractivity contribution in [2.45, 2.75) is 26.1 Å². The molecular weight excluding hydrogens is 270 g/mol. The molecule has 0 spiro atoms. The lowest BCUT2D eigenvalue weighted by Crippen LogP contribution is -2.37. The third-order valence-corrected chi connectivity index (χ3v) is 3.88. The predicted octanol–water partition coefficient (Wildman–Crippen LogP) is 3.17. The maximum absolute atomic E-state index is 8.79. The second-order valence-corrected chi connectivity index (χ2v) is 5.69. The van der Waals surface area contributed by atoms with Crippen molar-refractivity contribution < 1.29 is 0 Å². The van der Waals surface area contributed by atoms with Crippen LogP contribution in [0.2, 0.25) is 0 Å². The van der Waals surface area contributed by atoms with Gasteiger partial charge in [-0.25, -0.2) is 0 Å². The van der Waals surface area contributed by atoms with Crippen LogP contribution in [-0.2, 0) is 13.1 Å². The Morgan fingerprint density at radius 3 is 2.36 bits per heavy atom. The molecule has 0 amide bonds. The molecule has 1 atom stereocenters. The molecule has 0 aliphatic carbocycles. The monoisotopic (exact) mass is 293 g/mol. The van der Waals surface area contributed by atoms with E-state index >= 15 is 0 Å². The van der Waals surface area contributed by atoms with E-state index in [0.29, 0.717) is 11.6 Å². The van der Waals surface area contributed by atoms with Gasteiger partial charge in [-0.1, -0.05) is 42.5 Å². The highest BCUT2D eigenvalue weighted by molar-refractivity contribution is 5.31. The smallest absolute Gasteiger partial charge is 0.0991 e. The maximum Gasteiger partial charge on any atom is 0.0991 e. The topological polar surface area (TPSA) is 39.1 Å². The molecule has 0 saturated heterocycles. The second kappa shape index (κ2) is 8.33. The van der Waals surface area contributed by atoms with E-state index in [9.17, 15) is 0 Å². The number of nitrogens with zero attached hydrogens (tertiary/aromatic N) is 2. The Hall–Kier alpha value is -2.15. The van der Waals surface area contributed by atoms with Gasteiger partial charge in [0.05, 0.1) is 11.6 Å². The van der Waals surface area contributed by atoms with Gasteiger partial charge in [0.25, 0.3) is 0 Å². The standard InChI is InChI=1S/C19H23N3/c1-16(22(2)15-19-6-4-3-5-7-19)13-21-14-18-10-8-17(12-20)9-11-18/h3-11,16,21H,13-15H2,1-2H3. The van der Waals surface area contributed by atoms with Crippen LogP contribution in [0.15, 0.2) is 54.6 Å². The van der Waals surface area contributed by atoms with Gasteiger partial charge in [0.1, 0.15) is 0 Å². The zero-order valence-corrected chi connectivity index (χ0v) is 13.3. The number of hydrogen-bond acceptors (Lipinski definition) is 3. The van der Waals surface area contributed by atoms with Crippen LogP contribution in [0.3, 0.4) is 0 Å². The molecule has 3 nitrogen and oxygen atoms in total. The highest BCUT2D eigenvalue weighted by atomic mass is 15.1. The van der Waals surface area contributed by atoms with Crippen LogP contribution in [-0.4, -0.2) is 24.5 Å². The van der Waals surface area contributed by atoms with Crippen molar-refractivity contribution in [2.24, 2.45) is 0 Å². The van der Waals surface area contributed by atoms with Crippen LogP contribution in [0.4, 0.5) is 0 Å². The molecule has 0 heterocycles. The SMILES string of the molecule is CC(CNCc1ccc(C#N)cc1)N(C)Cc1ccccc1. The molecule has 0 fully saturated rings. The van der Waals surface area contributed by atoms with Crippen LogP contribution in [0, 0.1) is 11.3 Å². The molecule has 0 aliphatic heterocycles. The average Bonchev–Trinajstić information content (AvgIpc) is 2.56. The Bertz CT molecular complexity index is 599. The van der Waals surface area contributed by atoms with Crippen LogP contribution in [0.1, 0.15) is 23.6 Å². The summed E-state index contributed by atoms with van der Waals surface area (Å²) in [6.45, 7) is 4.95. The fourth-order valence-corrected chi connectivity index (χ4v) is 2.31. The van der Waals surface area contributed by atoms with Gasteiger partial charge in [-0.05, 0) is 37.2 Å². The molecule has 3 heteroatoms. The predicted molar refractivity (Wildman–Crippen MR) is 90.2 cm³/mol. The molecule has 0 aromatic heterocycles. The maximum atomic E-state index is 8.79. The van der Waals surface area contributed by atoms with Crippen LogP contribution >= 0.6 is 0 Å². The van der Waals surface area contributed by atoms with E-state index in [1.807, 2.05) is 30.3 Å². The number of nitrogens with one attached hydrogen (secondary N) is 1. The minimum atomic E-state index is 0.457. The fourth-order valence-electron chi connectivity index (χ4n) is 2.31. The van der Waals surface area contributed by atoms with Crippen molar-refractivity contribution in [1.82, 2.24) is 10.2 Å². The summed E-state index contributed by atoms with van der Waals surface area (Å²) >= 11 is 0. The Balaban J connectivity index is 1.74. The highest BCUT2D eigenvalue weighted by Crippen LogP contribution is 2.06. The van der Waals surface area contributed by atoms with Gasteiger partial charge in [0.2, 0.25) is 0 Å². The summed E-state index contributed by atoms with van der Waals surface area (Å²) in [4.78, 5) is 2.35. The van der Waals surface area contributed by atoms with E-state index in [0.717, 1.165) is 19.6 Å². The molecule has 0 aliphatic rings. The normalized spacial score (nSPS) is 12.1. The van der Waals surface area contributed by atoms with Gasteiger partial charge in [0, 0.05) is 25.7 Å². The first-order chi connectivity index (χ1) is 10.7. The zero-order chi connectivity index (χ0) is 15.8. The number of hydrogen-bond donors (Lipinski definition) is 1. The molecular formula is C19H23N3. The largest absolute Gasteiger partial charge is 0.311 e. The lowest BCUT2D eigenvalue weighted by molar-refractivity contribution is 0.242. The Morgan fingerprint density at radius 2 is 1.73 bits per heavy atom. The summed E-state index contributed by atoms with van der Waals surface area (Å²) in [5.74, 6) is 0. The van der Waals surface area contributed by atoms with Gasteiger partial charge >= 0.3 is 0 Å². The molecule has 2 rings (SSSR count). The Labute approximate surface area is 133 Å². The molecule has 1 N–H and O–H groups in total. The Morgan fingerprint density at radius 1 is 1.05 bits per heavy atom. The molecule has 22 heavy (non-hydrogen) atoms. The summed E-state index contributed by atoms with van der Waals surface area (Å²) < 4.78 is 0. The van der Waals surface area contributed by atoms with Crippen molar-refractivity contribution >= 4 is 0 Å². The van der Waals surface area contributed by atoms with Gasteiger partial charge in [-0.3, -0.25) is 4.90 Å². The van der Waals surface area contributed by atoms with Crippen molar-refractivity contribution in [1.29, 1.82) is 5.26 Å².